The molecule has 13 nitrogen and oxygen atoms in total. The number of methoxy groups -OCH3 is 2. The van der Waals surface area contributed by atoms with Gasteiger partial charge in [0.15, 0.2) is 0 Å². The summed E-state index contributed by atoms with van der Waals surface area (Å²) in [6.07, 6.45) is 1.08. The second-order valence-electron chi connectivity index (χ2n) is 8.41. The van der Waals surface area contributed by atoms with E-state index in [9.17, 15) is 24.8 Å². The molecule has 2 radical (unpaired) electrons. The lowest BCUT2D eigenvalue weighted by Gasteiger charge is -2.12. The number of nitrogens with zero attached hydrogens (tertiary/aromatic N) is 4. The Morgan fingerprint density at radius 3 is 1.91 bits per heavy atom. The summed E-state index contributed by atoms with van der Waals surface area (Å²) < 4.78 is 11.3. The number of aromatic nitrogens is 2. The quantitative estimate of drug-likeness (QED) is 0.0531. The molecule has 16 heteroatoms. The second-order valence-corrected chi connectivity index (χ2v) is 9.23. The molecule has 5 aromatic rings. The lowest BCUT2D eigenvalue weighted by atomic mass is 10.2. The standard InChI is InChI=1S/C16H11ClN2O4.C7H9NO.C6H4ClNO2.CBNO.CH4/c1-23-10-7-5-9(6-8-10)19-12-4-2-3-11(17)13(12)18-14(15(19)20)16(21)22;1-9-7-4-2-6(8)3-5-7;7-5-3-1-2-4-6(5)8(9)10;2-3-1-4;/h2-8H,1H3,(H,21,22);2-5H,8H2,1H3;1-4H;;1H4. The van der Waals surface area contributed by atoms with E-state index in [1.807, 2.05) is 12.1 Å². The molecular formula is C31H28BCl2N5O8. The number of para-hydroxylation sites is 2. The summed E-state index contributed by atoms with van der Waals surface area (Å²) in [5.41, 5.74) is 6.00. The third-order valence-corrected chi connectivity index (χ3v) is 6.21. The van der Waals surface area contributed by atoms with Crippen LogP contribution in [0.3, 0.4) is 0 Å². The summed E-state index contributed by atoms with van der Waals surface area (Å²) in [5, 5.41) is 19.8. The summed E-state index contributed by atoms with van der Waals surface area (Å²) in [6.45, 7) is 0. The van der Waals surface area contributed by atoms with Crippen LogP contribution in [0.4, 0.5) is 11.4 Å². The first-order valence-electron chi connectivity index (χ1n) is 12.6. The van der Waals surface area contributed by atoms with E-state index in [2.05, 4.69) is 17.9 Å². The fourth-order valence-electron chi connectivity index (χ4n) is 3.50. The normalized spacial score (nSPS) is 9.28. The highest BCUT2D eigenvalue weighted by atomic mass is 35.5. The number of nitrogens with two attached hydrogens (primary N) is 1. The number of nitro benzene ring substituents is 1. The average molecular weight is 680 g/mol. The molecule has 242 valence electrons. The minimum absolute atomic E-state index is 0. The molecule has 0 aliphatic heterocycles. The van der Waals surface area contributed by atoms with Crippen molar-refractivity contribution in [1.29, 1.82) is 0 Å². The number of hydrogen-bond acceptors (Lipinski definition) is 10. The predicted octanol–water partition coefficient (Wildman–Crippen LogP) is 6.31. The van der Waals surface area contributed by atoms with Crippen molar-refractivity contribution < 1.29 is 29.1 Å². The number of rotatable bonds is 5. The Balaban J connectivity index is 0.000000380. The zero-order valence-corrected chi connectivity index (χ0v) is 25.7. The lowest BCUT2D eigenvalue weighted by molar-refractivity contribution is -0.384. The molecule has 47 heavy (non-hydrogen) atoms. The van der Waals surface area contributed by atoms with E-state index in [-0.39, 0.29) is 28.7 Å². The topological polar surface area (TPSA) is 189 Å². The van der Waals surface area contributed by atoms with E-state index in [1.165, 1.54) is 23.8 Å². The van der Waals surface area contributed by atoms with Gasteiger partial charge in [0.2, 0.25) is 11.8 Å². The van der Waals surface area contributed by atoms with Gasteiger partial charge in [0, 0.05) is 17.4 Å². The Hall–Kier alpha value is -5.69. The summed E-state index contributed by atoms with van der Waals surface area (Å²) in [6, 6.07) is 24.9. The minimum Gasteiger partial charge on any atom is -0.497 e. The van der Waals surface area contributed by atoms with Crippen molar-refractivity contribution >= 4 is 65.6 Å². The lowest BCUT2D eigenvalue weighted by Crippen LogP contribution is -2.27. The number of benzene rings is 4. The SMILES string of the molecule is C.COc1ccc(-n2c(=O)c(C(=O)O)nc3c(Cl)cccc32)cc1.COc1ccc(N)cc1.O=[N+]([O-])c1ccccc1Cl.[B]N=C=O. The Labute approximate surface area is 280 Å². The number of hydrogen-bond donors (Lipinski definition) is 2. The highest BCUT2D eigenvalue weighted by Crippen LogP contribution is 2.24. The van der Waals surface area contributed by atoms with Crippen LogP contribution >= 0.6 is 23.2 Å². The molecule has 0 bridgehead atoms. The second kappa shape index (κ2) is 19.6. The zero-order chi connectivity index (χ0) is 34.2. The van der Waals surface area contributed by atoms with Crippen molar-refractivity contribution in [3.05, 3.63) is 127 Å². The third kappa shape index (κ3) is 11.3. The van der Waals surface area contributed by atoms with Crippen LogP contribution in [0.1, 0.15) is 17.9 Å². The first kappa shape index (κ1) is 39.3. The molecule has 0 amide bonds. The highest BCUT2D eigenvalue weighted by molar-refractivity contribution is 6.35. The predicted molar refractivity (Wildman–Crippen MR) is 182 cm³/mol. The summed E-state index contributed by atoms with van der Waals surface area (Å²) in [4.78, 5) is 48.6. The molecule has 5 rings (SSSR count). The Bertz CT molecular complexity index is 1900. The molecule has 0 saturated carbocycles. The molecule has 4 aromatic carbocycles. The maximum Gasteiger partial charge on any atom is 0.360 e. The van der Waals surface area contributed by atoms with E-state index in [1.54, 1.807) is 73.8 Å². The Morgan fingerprint density at radius 1 is 0.957 bits per heavy atom. The molecule has 0 saturated heterocycles. The number of nitro groups is 1. The van der Waals surface area contributed by atoms with E-state index in [4.69, 9.17) is 43.2 Å². The van der Waals surface area contributed by atoms with E-state index < -0.39 is 22.1 Å². The summed E-state index contributed by atoms with van der Waals surface area (Å²) in [5.74, 6) is 0.0555. The molecule has 0 aliphatic carbocycles. The number of fused-ring (bicyclic) bond motifs is 1. The van der Waals surface area contributed by atoms with Crippen molar-refractivity contribution in [2.45, 2.75) is 7.43 Å². The number of carboxylic acid groups (broad SMARTS) is 1. The highest BCUT2D eigenvalue weighted by Gasteiger charge is 2.19. The molecule has 0 atom stereocenters. The number of carbonyl (C=O) groups is 1. The number of nitrogen functional groups attached to an aromatic ring is 1. The van der Waals surface area contributed by atoms with Gasteiger partial charge in [0.25, 0.3) is 19.2 Å². The fourth-order valence-corrected chi connectivity index (χ4v) is 3.92. The molecular weight excluding hydrogens is 652 g/mol. The van der Waals surface area contributed by atoms with Gasteiger partial charge < -0.3 is 20.3 Å². The summed E-state index contributed by atoms with van der Waals surface area (Å²) >= 11 is 11.6. The average Bonchev–Trinajstić information content (AvgIpc) is 3.06. The van der Waals surface area contributed by atoms with Gasteiger partial charge in [0.05, 0.1) is 29.7 Å². The molecule has 0 spiro atoms. The maximum atomic E-state index is 12.5. The minimum atomic E-state index is -1.40. The van der Waals surface area contributed by atoms with Crippen LogP contribution < -0.4 is 20.8 Å². The van der Waals surface area contributed by atoms with Gasteiger partial charge in [0.1, 0.15) is 22.0 Å². The van der Waals surface area contributed by atoms with Crippen LogP contribution in [0, 0.1) is 10.1 Å². The van der Waals surface area contributed by atoms with Gasteiger partial charge in [-0.15, -0.1) is 0 Å². The maximum absolute atomic E-state index is 12.5. The van der Waals surface area contributed by atoms with Crippen LogP contribution in [0.25, 0.3) is 16.7 Å². The van der Waals surface area contributed by atoms with Crippen LogP contribution in [0.15, 0.2) is 101 Å². The van der Waals surface area contributed by atoms with Crippen molar-refractivity contribution in [3.63, 3.8) is 0 Å². The number of isocyanates is 1. The molecule has 3 N–H and O–H groups in total. The molecule has 0 unspecified atom stereocenters. The van der Waals surface area contributed by atoms with Crippen LogP contribution in [0.5, 0.6) is 11.5 Å². The van der Waals surface area contributed by atoms with E-state index >= 15 is 0 Å². The zero-order valence-electron chi connectivity index (χ0n) is 24.2. The monoisotopic (exact) mass is 679 g/mol. The van der Waals surface area contributed by atoms with Crippen molar-refractivity contribution in [3.8, 4) is 17.2 Å². The molecule has 1 aromatic heterocycles. The Kier molecular flexibility index (Phi) is 16.4. The third-order valence-electron chi connectivity index (χ3n) is 5.59. The number of carboxylic acids is 1. The van der Waals surface area contributed by atoms with Gasteiger partial charge in [-0.1, -0.05) is 48.8 Å². The van der Waals surface area contributed by atoms with Crippen LogP contribution in [0.2, 0.25) is 10.0 Å². The van der Waals surface area contributed by atoms with Gasteiger partial charge in [-0.05, 0) is 66.7 Å². The number of carbonyl (C=O) groups excluding carboxylic acids is 1. The van der Waals surface area contributed by atoms with Crippen molar-refractivity contribution in [1.82, 2.24) is 9.55 Å². The first-order chi connectivity index (χ1) is 22.0. The van der Waals surface area contributed by atoms with Gasteiger partial charge in [-0.2, -0.15) is 0 Å². The van der Waals surface area contributed by atoms with Crippen molar-refractivity contribution in [2.24, 2.45) is 4.90 Å². The molecule has 0 aliphatic rings. The fraction of sp³-hybridized carbons (Fsp3) is 0.0968. The number of anilines is 1. The van der Waals surface area contributed by atoms with Crippen molar-refractivity contribution in [2.75, 3.05) is 20.0 Å². The molecule has 0 fully saturated rings. The first-order valence-corrected chi connectivity index (χ1v) is 13.4. The Morgan fingerprint density at radius 2 is 1.47 bits per heavy atom. The smallest absolute Gasteiger partial charge is 0.360 e. The molecule has 1 heterocycles. The number of aromatic carboxylic acids is 1. The van der Waals surface area contributed by atoms with Gasteiger partial charge in [-0.3, -0.25) is 24.4 Å². The van der Waals surface area contributed by atoms with E-state index in [0.29, 0.717) is 17.0 Å². The summed E-state index contributed by atoms with van der Waals surface area (Å²) in [7, 11) is 7.39. The van der Waals surface area contributed by atoms with Gasteiger partial charge in [-0.25, -0.2) is 14.6 Å². The number of halogens is 2. The largest absolute Gasteiger partial charge is 0.497 e. The van der Waals surface area contributed by atoms with Crippen LogP contribution in [-0.4, -0.2) is 53.8 Å². The van der Waals surface area contributed by atoms with Crippen LogP contribution in [-0.2, 0) is 4.79 Å². The van der Waals surface area contributed by atoms with E-state index in [0.717, 1.165) is 17.5 Å². The van der Waals surface area contributed by atoms with Gasteiger partial charge >= 0.3 is 5.97 Å². The number of ether oxygens (including phenoxy) is 2.